The zero-order valence-electron chi connectivity index (χ0n) is 14.9. The largest absolute Gasteiger partial charge is 0.496 e. The van der Waals surface area contributed by atoms with Crippen LogP contribution in [0.25, 0.3) is 0 Å². The Hall–Kier alpha value is -2.74. The molecule has 0 spiro atoms. The molecule has 8 heteroatoms. The maximum Gasteiger partial charge on any atom is 0.241 e. The number of rotatable bonds is 9. The van der Waals surface area contributed by atoms with Gasteiger partial charge in [0.05, 0.1) is 27.0 Å². The van der Waals surface area contributed by atoms with E-state index in [9.17, 15) is 4.79 Å². The number of ether oxygens (including phenoxy) is 3. The molecule has 1 aromatic carbocycles. The minimum Gasteiger partial charge on any atom is -0.496 e. The lowest BCUT2D eigenvalue weighted by Gasteiger charge is -2.15. The number of amides is 1. The molecule has 1 amide bonds. The predicted octanol–water partition coefficient (Wildman–Crippen LogP) is 0.893. The average Bonchev–Trinajstić information content (AvgIpc) is 3.05. The maximum atomic E-state index is 12.3. The molecule has 0 saturated heterocycles. The lowest BCUT2D eigenvalue weighted by molar-refractivity contribution is -0.123. The zero-order chi connectivity index (χ0) is 18.2. The molecular weight excluding hydrogens is 324 g/mol. The number of carbonyl (C=O) groups excluding carboxylic acids is 1. The summed E-state index contributed by atoms with van der Waals surface area (Å²) in [4.78, 5) is 12.3. The molecule has 136 valence electrons. The van der Waals surface area contributed by atoms with E-state index in [1.54, 1.807) is 56.5 Å². The second-order valence-electron chi connectivity index (χ2n) is 5.36. The van der Waals surface area contributed by atoms with Crippen molar-refractivity contribution in [1.82, 2.24) is 20.4 Å². The first-order valence-corrected chi connectivity index (χ1v) is 7.86. The Morgan fingerprint density at radius 2 is 1.84 bits per heavy atom. The van der Waals surface area contributed by atoms with Crippen LogP contribution in [0.2, 0.25) is 0 Å². The number of benzene rings is 1. The standard InChI is InChI=1S/C17H24N4O4/c1-18-16(12-10-20-21(2)11-12)17(22)19-5-6-25-15-8-13(23-3)7-14(9-15)24-4/h7-11,16,18H,5-6H2,1-4H3,(H,19,22). The third-order valence-electron chi connectivity index (χ3n) is 3.60. The summed E-state index contributed by atoms with van der Waals surface area (Å²) in [6, 6.07) is 4.83. The van der Waals surface area contributed by atoms with Crippen molar-refractivity contribution < 1.29 is 19.0 Å². The fourth-order valence-corrected chi connectivity index (χ4v) is 2.35. The molecule has 0 saturated carbocycles. The molecule has 8 nitrogen and oxygen atoms in total. The quantitative estimate of drug-likeness (QED) is 0.655. The van der Waals surface area contributed by atoms with Crippen LogP contribution in [-0.4, -0.2) is 50.1 Å². The second kappa shape index (κ2) is 8.93. The molecule has 1 aromatic heterocycles. The van der Waals surface area contributed by atoms with Crippen molar-refractivity contribution in [2.24, 2.45) is 7.05 Å². The molecule has 0 aliphatic rings. The van der Waals surface area contributed by atoms with Crippen molar-refractivity contribution in [2.45, 2.75) is 6.04 Å². The van der Waals surface area contributed by atoms with Crippen LogP contribution in [0.1, 0.15) is 11.6 Å². The number of nitrogens with one attached hydrogen (secondary N) is 2. The topological polar surface area (TPSA) is 86.6 Å². The zero-order valence-corrected chi connectivity index (χ0v) is 14.9. The molecule has 2 rings (SSSR count). The van der Waals surface area contributed by atoms with Crippen LogP contribution < -0.4 is 24.8 Å². The van der Waals surface area contributed by atoms with Crippen LogP contribution in [0.3, 0.4) is 0 Å². The van der Waals surface area contributed by atoms with E-state index in [1.807, 2.05) is 7.05 Å². The highest BCUT2D eigenvalue weighted by atomic mass is 16.5. The van der Waals surface area contributed by atoms with Gasteiger partial charge in [0, 0.05) is 37.0 Å². The van der Waals surface area contributed by atoms with Crippen molar-refractivity contribution in [3.63, 3.8) is 0 Å². The number of hydrogen-bond acceptors (Lipinski definition) is 6. The second-order valence-corrected chi connectivity index (χ2v) is 5.36. The van der Waals surface area contributed by atoms with Crippen LogP contribution >= 0.6 is 0 Å². The fourth-order valence-electron chi connectivity index (χ4n) is 2.35. The van der Waals surface area contributed by atoms with Gasteiger partial charge in [-0.25, -0.2) is 0 Å². The third-order valence-corrected chi connectivity index (χ3v) is 3.60. The van der Waals surface area contributed by atoms with Gasteiger partial charge >= 0.3 is 0 Å². The number of aromatic nitrogens is 2. The third kappa shape index (κ3) is 5.12. The van der Waals surface area contributed by atoms with Gasteiger partial charge < -0.3 is 24.8 Å². The Kier molecular flexibility index (Phi) is 6.64. The Balaban J connectivity index is 1.85. The van der Waals surface area contributed by atoms with E-state index in [-0.39, 0.29) is 5.91 Å². The molecule has 0 fully saturated rings. The first-order chi connectivity index (χ1) is 12.1. The van der Waals surface area contributed by atoms with Crippen molar-refractivity contribution in [3.8, 4) is 17.2 Å². The smallest absolute Gasteiger partial charge is 0.241 e. The van der Waals surface area contributed by atoms with Gasteiger partial charge in [0.15, 0.2) is 0 Å². The lowest BCUT2D eigenvalue weighted by Crippen LogP contribution is -2.37. The van der Waals surface area contributed by atoms with Crippen LogP contribution in [0, 0.1) is 0 Å². The van der Waals surface area contributed by atoms with Crippen LogP contribution in [-0.2, 0) is 11.8 Å². The molecule has 0 aliphatic heterocycles. The number of carbonyl (C=O) groups is 1. The molecule has 25 heavy (non-hydrogen) atoms. The fraction of sp³-hybridized carbons (Fsp3) is 0.412. The minimum atomic E-state index is -0.453. The SMILES string of the molecule is CNC(C(=O)NCCOc1cc(OC)cc(OC)c1)c1cnn(C)c1. The van der Waals surface area contributed by atoms with Crippen LogP contribution in [0.15, 0.2) is 30.6 Å². The van der Waals surface area contributed by atoms with E-state index in [1.165, 1.54) is 0 Å². The summed E-state index contributed by atoms with van der Waals surface area (Å²) in [7, 11) is 6.70. The molecule has 0 bridgehead atoms. The lowest BCUT2D eigenvalue weighted by atomic mass is 10.1. The van der Waals surface area contributed by atoms with Gasteiger partial charge in [0.25, 0.3) is 0 Å². The highest BCUT2D eigenvalue weighted by molar-refractivity contribution is 5.82. The molecule has 1 atom stereocenters. The Morgan fingerprint density at radius 3 is 2.36 bits per heavy atom. The van der Waals surface area contributed by atoms with Gasteiger partial charge in [-0.2, -0.15) is 5.10 Å². The summed E-state index contributed by atoms with van der Waals surface area (Å²) in [5, 5.41) is 9.91. The number of hydrogen-bond donors (Lipinski definition) is 2. The van der Waals surface area contributed by atoms with E-state index in [0.717, 1.165) is 5.56 Å². The predicted molar refractivity (Wildman–Crippen MR) is 93.1 cm³/mol. The summed E-state index contributed by atoms with van der Waals surface area (Å²) in [6.45, 7) is 0.697. The van der Waals surface area contributed by atoms with Crippen molar-refractivity contribution in [3.05, 3.63) is 36.2 Å². The van der Waals surface area contributed by atoms with Crippen molar-refractivity contribution in [2.75, 3.05) is 34.4 Å². The number of aryl methyl sites for hydroxylation is 1. The van der Waals surface area contributed by atoms with E-state index in [0.29, 0.717) is 30.4 Å². The summed E-state index contributed by atoms with van der Waals surface area (Å²) in [5.74, 6) is 1.76. The van der Waals surface area contributed by atoms with Gasteiger partial charge in [-0.3, -0.25) is 9.48 Å². The summed E-state index contributed by atoms with van der Waals surface area (Å²) < 4.78 is 17.7. The monoisotopic (exact) mass is 348 g/mol. The Labute approximate surface area is 147 Å². The van der Waals surface area contributed by atoms with E-state index >= 15 is 0 Å². The summed E-state index contributed by atoms with van der Waals surface area (Å²) in [6.07, 6.45) is 3.47. The van der Waals surface area contributed by atoms with Gasteiger partial charge in [-0.05, 0) is 7.05 Å². The van der Waals surface area contributed by atoms with Crippen molar-refractivity contribution >= 4 is 5.91 Å². The molecule has 0 radical (unpaired) electrons. The summed E-state index contributed by atoms with van der Waals surface area (Å²) >= 11 is 0. The van der Waals surface area contributed by atoms with E-state index in [4.69, 9.17) is 14.2 Å². The molecule has 1 unspecified atom stereocenters. The summed E-state index contributed by atoms with van der Waals surface area (Å²) in [5.41, 5.74) is 0.806. The first-order valence-electron chi connectivity index (χ1n) is 7.86. The Morgan fingerprint density at radius 1 is 1.20 bits per heavy atom. The highest BCUT2D eigenvalue weighted by Gasteiger charge is 2.19. The van der Waals surface area contributed by atoms with Crippen molar-refractivity contribution in [1.29, 1.82) is 0 Å². The van der Waals surface area contributed by atoms with Crippen LogP contribution in [0.4, 0.5) is 0 Å². The Bertz CT molecular complexity index is 679. The normalized spacial score (nSPS) is 11.7. The number of likely N-dealkylation sites (N-methyl/N-ethyl adjacent to an activating group) is 1. The van der Waals surface area contributed by atoms with Gasteiger partial charge in [0.2, 0.25) is 5.91 Å². The molecule has 0 aliphatic carbocycles. The average molecular weight is 348 g/mol. The minimum absolute atomic E-state index is 0.137. The van der Waals surface area contributed by atoms with Gasteiger partial charge in [0.1, 0.15) is 29.9 Å². The number of nitrogens with zero attached hydrogens (tertiary/aromatic N) is 2. The molecule has 2 aromatic rings. The molecule has 2 N–H and O–H groups in total. The maximum absolute atomic E-state index is 12.3. The van der Waals surface area contributed by atoms with Gasteiger partial charge in [-0.1, -0.05) is 0 Å². The van der Waals surface area contributed by atoms with Gasteiger partial charge in [-0.15, -0.1) is 0 Å². The van der Waals surface area contributed by atoms with E-state index in [2.05, 4.69) is 15.7 Å². The first kappa shape index (κ1) is 18.6. The highest BCUT2D eigenvalue weighted by Crippen LogP contribution is 2.27. The number of methoxy groups -OCH3 is 2. The molecule has 1 heterocycles. The molecular formula is C17H24N4O4. The van der Waals surface area contributed by atoms with Crippen LogP contribution in [0.5, 0.6) is 17.2 Å². The van der Waals surface area contributed by atoms with E-state index < -0.39 is 6.04 Å².